The number of morpholine rings is 1. The molecule has 4 nitrogen and oxygen atoms in total. The number of benzene rings is 1. The lowest BCUT2D eigenvalue weighted by molar-refractivity contribution is -0.145. The van der Waals surface area contributed by atoms with Gasteiger partial charge in [-0.15, -0.1) is 0 Å². The molecule has 1 saturated heterocycles. The van der Waals surface area contributed by atoms with Crippen LogP contribution in [0.3, 0.4) is 0 Å². The van der Waals surface area contributed by atoms with Crippen molar-refractivity contribution in [2.75, 3.05) is 25.1 Å². The molecule has 1 amide bonds. The van der Waals surface area contributed by atoms with E-state index in [0.29, 0.717) is 18.9 Å². The zero-order chi connectivity index (χ0) is 13.7. The Morgan fingerprint density at radius 3 is 2.89 bits per heavy atom. The van der Waals surface area contributed by atoms with Crippen LogP contribution in [0.4, 0.5) is 0 Å². The Hall–Kier alpha value is -1.07. The number of hydrogen-bond acceptors (Lipinski definition) is 3. The summed E-state index contributed by atoms with van der Waals surface area (Å²) in [4.78, 5) is 14.0. The van der Waals surface area contributed by atoms with Crippen molar-refractivity contribution in [2.45, 2.75) is 19.1 Å². The normalized spacial score (nSPS) is 23.2. The van der Waals surface area contributed by atoms with E-state index in [2.05, 4.69) is 15.9 Å². The molecule has 0 aliphatic carbocycles. The second kappa shape index (κ2) is 6.91. The average Bonchev–Trinajstić information content (AvgIpc) is 2.46. The van der Waals surface area contributed by atoms with Crippen molar-refractivity contribution < 1.29 is 14.3 Å². The highest BCUT2D eigenvalue weighted by Crippen LogP contribution is 2.14. The quantitative estimate of drug-likeness (QED) is 0.795. The summed E-state index contributed by atoms with van der Waals surface area (Å²) in [6.45, 7) is 3.25. The molecule has 0 radical (unpaired) electrons. The summed E-state index contributed by atoms with van der Waals surface area (Å²) >= 11 is 3.39. The molecule has 1 heterocycles. The summed E-state index contributed by atoms with van der Waals surface area (Å²) in [5.74, 6) is 0.722. The van der Waals surface area contributed by atoms with Gasteiger partial charge in [-0.3, -0.25) is 4.79 Å². The van der Waals surface area contributed by atoms with Crippen molar-refractivity contribution in [1.82, 2.24) is 4.90 Å². The molecule has 2 atom stereocenters. The number of hydrogen-bond donors (Lipinski definition) is 0. The standard InChI is InChI=1S/C14H18BrNO3/c1-11-9-18-13(7-15)8-16(11)14(17)10-19-12-5-3-2-4-6-12/h2-6,11,13H,7-10H2,1H3. The van der Waals surface area contributed by atoms with E-state index in [0.717, 1.165) is 5.33 Å². The first kappa shape index (κ1) is 14.3. The number of ether oxygens (including phenoxy) is 2. The van der Waals surface area contributed by atoms with Gasteiger partial charge in [-0.25, -0.2) is 0 Å². The number of carbonyl (C=O) groups is 1. The maximum Gasteiger partial charge on any atom is 0.260 e. The molecule has 1 fully saturated rings. The van der Waals surface area contributed by atoms with E-state index in [1.807, 2.05) is 42.2 Å². The molecule has 1 aliphatic heterocycles. The molecule has 2 rings (SSSR count). The predicted molar refractivity (Wildman–Crippen MR) is 76.6 cm³/mol. The molecule has 0 aromatic heterocycles. The van der Waals surface area contributed by atoms with Crippen LogP contribution >= 0.6 is 15.9 Å². The van der Waals surface area contributed by atoms with Crippen LogP contribution in [-0.2, 0) is 9.53 Å². The molecule has 104 valence electrons. The third kappa shape index (κ3) is 3.94. The van der Waals surface area contributed by atoms with Crippen molar-refractivity contribution in [3.8, 4) is 5.75 Å². The second-order valence-electron chi connectivity index (χ2n) is 4.61. The minimum Gasteiger partial charge on any atom is -0.484 e. The van der Waals surface area contributed by atoms with Gasteiger partial charge in [0.1, 0.15) is 5.75 Å². The van der Waals surface area contributed by atoms with Gasteiger partial charge in [0.05, 0.1) is 18.8 Å². The monoisotopic (exact) mass is 327 g/mol. The van der Waals surface area contributed by atoms with Crippen LogP contribution in [-0.4, -0.2) is 48.0 Å². The molecule has 0 spiro atoms. The third-order valence-corrected chi connectivity index (χ3v) is 3.83. The minimum atomic E-state index is 0.00519. The molecule has 1 aromatic rings. The maximum atomic E-state index is 12.2. The molecular weight excluding hydrogens is 310 g/mol. The van der Waals surface area contributed by atoms with Crippen LogP contribution < -0.4 is 4.74 Å². The number of halogens is 1. The van der Waals surface area contributed by atoms with Gasteiger partial charge in [-0.2, -0.15) is 0 Å². The van der Waals surface area contributed by atoms with Crippen molar-refractivity contribution in [3.63, 3.8) is 0 Å². The lowest BCUT2D eigenvalue weighted by Gasteiger charge is -2.37. The van der Waals surface area contributed by atoms with Crippen molar-refractivity contribution in [1.29, 1.82) is 0 Å². The number of para-hydroxylation sites is 1. The number of carbonyl (C=O) groups excluding carboxylic acids is 1. The Kier molecular flexibility index (Phi) is 5.22. The van der Waals surface area contributed by atoms with E-state index in [-0.39, 0.29) is 24.7 Å². The summed E-state index contributed by atoms with van der Waals surface area (Å²) in [6.07, 6.45) is 0.0666. The second-order valence-corrected chi connectivity index (χ2v) is 5.25. The van der Waals surface area contributed by atoms with E-state index in [1.54, 1.807) is 0 Å². The zero-order valence-corrected chi connectivity index (χ0v) is 12.5. The lowest BCUT2D eigenvalue weighted by Crippen LogP contribution is -2.52. The number of rotatable bonds is 4. The van der Waals surface area contributed by atoms with Gasteiger partial charge >= 0.3 is 0 Å². The fraction of sp³-hybridized carbons (Fsp3) is 0.500. The average molecular weight is 328 g/mol. The van der Waals surface area contributed by atoms with E-state index in [4.69, 9.17) is 9.47 Å². The van der Waals surface area contributed by atoms with Gasteiger partial charge in [0.15, 0.2) is 6.61 Å². The van der Waals surface area contributed by atoms with Crippen molar-refractivity contribution in [2.24, 2.45) is 0 Å². The summed E-state index contributed by atoms with van der Waals surface area (Å²) in [5.41, 5.74) is 0. The molecule has 2 unspecified atom stereocenters. The maximum absolute atomic E-state index is 12.2. The van der Waals surface area contributed by atoms with E-state index in [9.17, 15) is 4.79 Å². The SMILES string of the molecule is CC1COC(CBr)CN1C(=O)COc1ccccc1. The van der Waals surface area contributed by atoms with Crippen LogP contribution in [0.15, 0.2) is 30.3 Å². The minimum absolute atomic E-state index is 0.00519. The molecule has 19 heavy (non-hydrogen) atoms. The predicted octanol–water partition coefficient (Wildman–Crippen LogP) is 2.08. The molecule has 0 saturated carbocycles. The Morgan fingerprint density at radius 2 is 2.21 bits per heavy atom. The molecular formula is C14H18BrNO3. The van der Waals surface area contributed by atoms with Crippen molar-refractivity contribution in [3.05, 3.63) is 30.3 Å². The highest BCUT2D eigenvalue weighted by molar-refractivity contribution is 9.09. The van der Waals surface area contributed by atoms with E-state index in [1.165, 1.54) is 0 Å². The Bertz CT molecular complexity index is 412. The third-order valence-electron chi connectivity index (χ3n) is 3.10. The largest absolute Gasteiger partial charge is 0.484 e. The Labute approximate surface area is 121 Å². The molecule has 0 bridgehead atoms. The van der Waals surface area contributed by atoms with Crippen LogP contribution in [0, 0.1) is 0 Å². The fourth-order valence-electron chi connectivity index (χ4n) is 2.00. The molecule has 0 N–H and O–H groups in total. The van der Waals surface area contributed by atoms with Crippen LogP contribution in [0.2, 0.25) is 0 Å². The van der Waals surface area contributed by atoms with E-state index < -0.39 is 0 Å². The summed E-state index contributed by atoms with van der Waals surface area (Å²) in [5, 5.41) is 0.739. The van der Waals surface area contributed by atoms with E-state index >= 15 is 0 Å². The van der Waals surface area contributed by atoms with Gasteiger partial charge in [0.2, 0.25) is 0 Å². The lowest BCUT2D eigenvalue weighted by atomic mass is 10.2. The molecule has 1 aromatic carbocycles. The first-order chi connectivity index (χ1) is 9.20. The number of alkyl halides is 1. The summed E-state index contributed by atoms with van der Waals surface area (Å²) in [7, 11) is 0. The molecule has 5 heteroatoms. The van der Waals surface area contributed by atoms with Gasteiger partial charge in [0, 0.05) is 11.9 Å². The summed E-state index contributed by atoms with van der Waals surface area (Å²) < 4.78 is 11.1. The molecule has 1 aliphatic rings. The highest BCUT2D eigenvalue weighted by atomic mass is 79.9. The topological polar surface area (TPSA) is 38.8 Å². The zero-order valence-electron chi connectivity index (χ0n) is 10.9. The fourth-order valence-corrected chi connectivity index (χ4v) is 2.39. The van der Waals surface area contributed by atoms with Gasteiger partial charge in [0.25, 0.3) is 5.91 Å². The van der Waals surface area contributed by atoms with Gasteiger partial charge in [-0.05, 0) is 19.1 Å². The smallest absolute Gasteiger partial charge is 0.260 e. The highest BCUT2D eigenvalue weighted by Gasteiger charge is 2.29. The summed E-state index contributed by atoms with van der Waals surface area (Å²) in [6, 6.07) is 9.48. The first-order valence-corrected chi connectivity index (χ1v) is 7.47. The number of amides is 1. The van der Waals surface area contributed by atoms with Crippen LogP contribution in [0.1, 0.15) is 6.92 Å². The van der Waals surface area contributed by atoms with Crippen LogP contribution in [0.5, 0.6) is 5.75 Å². The van der Waals surface area contributed by atoms with Crippen molar-refractivity contribution >= 4 is 21.8 Å². The Morgan fingerprint density at radius 1 is 1.47 bits per heavy atom. The number of nitrogens with zero attached hydrogens (tertiary/aromatic N) is 1. The van der Waals surface area contributed by atoms with Gasteiger partial charge in [-0.1, -0.05) is 34.1 Å². The van der Waals surface area contributed by atoms with Gasteiger partial charge < -0.3 is 14.4 Å². The first-order valence-electron chi connectivity index (χ1n) is 6.35. The Balaban J connectivity index is 1.88. The van der Waals surface area contributed by atoms with Crippen LogP contribution in [0.25, 0.3) is 0 Å².